The molecule has 132 valence electrons. The van der Waals surface area contributed by atoms with Gasteiger partial charge in [-0.2, -0.15) is 13.2 Å². The van der Waals surface area contributed by atoms with Gasteiger partial charge in [0.25, 0.3) is 11.8 Å². The molecule has 24 heavy (non-hydrogen) atoms. The van der Waals surface area contributed by atoms with Gasteiger partial charge in [-0.15, -0.1) is 0 Å². The summed E-state index contributed by atoms with van der Waals surface area (Å²) in [5.74, 6) is -2.60. The number of hydrogen-bond donors (Lipinski definition) is 2. The minimum Gasteiger partial charge on any atom is -0.294 e. The number of amides is 2. The summed E-state index contributed by atoms with van der Waals surface area (Å²) in [6.07, 6.45) is -3.80. The van der Waals surface area contributed by atoms with Crippen LogP contribution in [0.2, 0.25) is 5.02 Å². The number of carbonyl (C=O) groups is 2. The predicted molar refractivity (Wildman–Crippen MR) is 82.3 cm³/mol. The molecule has 5 nitrogen and oxygen atoms in total. The Kier molecular flexibility index (Phi) is 6.06. The van der Waals surface area contributed by atoms with E-state index in [2.05, 4.69) is 10.9 Å². The molecule has 1 aliphatic heterocycles. The molecule has 2 amide bonds. The van der Waals surface area contributed by atoms with Gasteiger partial charge in [-0.3, -0.25) is 25.3 Å². The van der Waals surface area contributed by atoms with Gasteiger partial charge < -0.3 is 0 Å². The second-order valence-electron chi connectivity index (χ2n) is 5.60. The van der Waals surface area contributed by atoms with Crippen LogP contribution in [0.25, 0.3) is 0 Å². The third-order valence-electron chi connectivity index (χ3n) is 3.77. The summed E-state index contributed by atoms with van der Waals surface area (Å²) >= 11 is 5.86. The van der Waals surface area contributed by atoms with Crippen LogP contribution in [0.3, 0.4) is 0 Å². The van der Waals surface area contributed by atoms with Gasteiger partial charge in [0.15, 0.2) is 0 Å². The molecule has 2 rings (SSSR count). The first kappa shape index (κ1) is 18.5. The van der Waals surface area contributed by atoms with E-state index in [4.69, 9.17) is 11.6 Å². The molecule has 2 N–H and O–H groups in total. The van der Waals surface area contributed by atoms with Crippen molar-refractivity contribution in [1.82, 2.24) is 15.8 Å². The zero-order valence-corrected chi connectivity index (χ0v) is 13.5. The lowest BCUT2D eigenvalue weighted by molar-refractivity contribution is -0.187. The van der Waals surface area contributed by atoms with Crippen LogP contribution in [0.15, 0.2) is 24.3 Å². The number of halogens is 4. The number of benzene rings is 1. The number of piperidine rings is 1. The molecule has 1 aromatic rings. The van der Waals surface area contributed by atoms with E-state index in [1.165, 1.54) is 17.0 Å². The van der Waals surface area contributed by atoms with Crippen molar-refractivity contribution in [3.8, 4) is 0 Å². The van der Waals surface area contributed by atoms with Crippen LogP contribution < -0.4 is 10.9 Å². The number of carbonyl (C=O) groups excluding carboxylic acids is 2. The highest BCUT2D eigenvalue weighted by Gasteiger charge is 2.41. The van der Waals surface area contributed by atoms with Crippen molar-refractivity contribution in [2.24, 2.45) is 5.92 Å². The highest BCUT2D eigenvalue weighted by molar-refractivity contribution is 6.33. The van der Waals surface area contributed by atoms with E-state index in [-0.39, 0.29) is 30.1 Å². The first-order valence-corrected chi connectivity index (χ1v) is 7.78. The predicted octanol–water partition coefficient (Wildman–Crippen LogP) is 2.38. The highest BCUT2D eigenvalue weighted by Crippen LogP contribution is 2.32. The Bertz CT molecular complexity index is 610. The Hall–Kier alpha value is -1.80. The van der Waals surface area contributed by atoms with Crippen molar-refractivity contribution >= 4 is 23.4 Å². The molecule has 1 saturated heterocycles. The molecule has 1 aromatic carbocycles. The van der Waals surface area contributed by atoms with E-state index < -0.39 is 23.9 Å². The number of nitrogens with one attached hydrogen (secondary N) is 2. The van der Waals surface area contributed by atoms with Crippen molar-refractivity contribution in [3.63, 3.8) is 0 Å². The molecule has 9 heteroatoms. The Morgan fingerprint density at radius 2 is 1.96 bits per heavy atom. The SMILES string of the molecule is O=C(CN1CCCC(C(F)(F)F)C1)NNC(=O)c1ccccc1Cl. The number of nitrogens with zero attached hydrogens (tertiary/aromatic N) is 1. The van der Waals surface area contributed by atoms with E-state index in [1.807, 2.05) is 0 Å². The van der Waals surface area contributed by atoms with E-state index in [0.29, 0.717) is 13.0 Å². The quantitative estimate of drug-likeness (QED) is 0.811. The number of hydrogen-bond acceptors (Lipinski definition) is 3. The second kappa shape index (κ2) is 7.85. The molecule has 0 saturated carbocycles. The number of alkyl halides is 3. The lowest BCUT2D eigenvalue weighted by Gasteiger charge is -2.33. The molecule has 0 bridgehead atoms. The van der Waals surface area contributed by atoms with Crippen molar-refractivity contribution < 1.29 is 22.8 Å². The normalized spacial score (nSPS) is 18.9. The Morgan fingerprint density at radius 3 is 2.62 bits per heavy atom. The fourth-order valence-corrected chi connectivity index (χ4v) is 2.77. The van der Waals surface area contributed by atoms with Crippen LogP contribution in [0.5, 0.6) is 0 Å². The summed E-state index contributed by atoms with van der Waals surface area (Å²) in [6.45, 7) is -0.0107. The van der Waals surface area contributed by atoms with E-state index >= 15 is 0 Å². The van der Waals surface area contributed by atoms with Gasteiger partial charge in [0.1, 0.15) is 0 Å². The number of likely N-dealkylation sites (tertiary alicyclic amines) is 1. The van der Waals surface area contributed by atoms with Crippen LogP contribution in [0, 0.1) is 5.92 Å². The molecule has 0 spiro atoms. The van der Waals surface area contributed by atoms with Gasteiger partial charge in [0.2, 0.25) is 0 Å². The van der Waals surface area contributed by atoms with Crippen LogP contribution in [-0.2, 0) is 4.79 Å². The second-order valence-corrected chi connectivity index (χ2v) is 6.01. The molecule has 0 aromatic heterocycles. The number of rotatable bonds is 3. The highest BCUT2D eigenvalue weighted by atomic mass is 35.5. The molecular weight excluding hydrogens is 347 g/mol. The summed E-state index contributed by atoms with van der Waals surface area (Å²) in [5, 5.41) is 0.230. The van der Waals surface area contributed by atoms with Gasteiger partial charge in [0.05, 0.1) is 23.0 Å². The first-order chi connectivity index (χ1) is 11.3. The van der Waals surface area contributed by atoms with Gasteiger partial charge in [0, 0.05) is 6.54 Å². The molecule has 1 unspecified atom stereocenters. The van der Waals surface area contributed by atoms with Crippen molar-refractivity contribution in [2.75, 3.05) is 19.6 Å². The molecular formula is C15H17ClF3N3O2. The van der Waals surface area contributed by atoms with Crippen molar-refractivity contribution in [2.45, 2.75) is 19.0 Å². The summed E-state index contributed by atoms with van der Waals surface area (Å²) in [5.41, 5.74) is 4.58. The fourth-order valence-electron chi connectivity index (χ4n) is 2.55. The minimum absolute atomic E-state index is 0.0743. The lowest BCUT2D eigenvalue weighted by Crippen LogP contribution is -2.49. The van der Waals surface area contributed by atoms with Gasteiger partial charge in [-0.1, -0.05) is 23.7 Å². The third kappa shape index (κ3) is 5.10. The Morgan fingerprint density at radius 1 is 1.25 bits per heavy atom. The largest absolute Gasteiger partial charge is 0.393 e. The lowest BCUT2D eigenvalue weighted by atomic mass is 9.97. The maximum absolute atomic E-state index is 12.7. The van der Waals surface area contributed by atoms with Crippen molar-refractivity contribution in [1.29, 1.82) is 0 Å². The average molecular weight is 364 g/mol. The monoisotopic (exact) mass is 363 g/mol. The molecule has 1 fully saturated rings. The molecule has 1 atom stereocenters. The summed E-state index contributed by atoms with van der Waals surface area (Å²) < 4.78 is 38.2. The van der Waals surface area contributed by atoms with Crippen LogP contribution in [0.4, 0.5) is 13.2 Å². The first-order valence-electron chi connectivity index (χ1n) is 7.40. The zero-order valence-electron chi connectivity index (χ0n) is 12.7. The Labute approximate surface area is 142 Å². The molecule has 1 aliphatic rings. The third-order valence-corrected chi connectivity index (χ3v) is 4.10. The van der Waals surface area contributed by atoms with Crippen LogP contribution >= 0.6 is 11.6 Å². The summed E-state index contributed by atoms with van der Waals surface area (Å²) in [4.78, 5) is 25.1. The average Bonchev–Trinajstić information content (AvgIpc) is 2.52. The molecule has 1 heterocycles. The summed E-state index contributed by atoms with van der Waals surface area (Å²) in [6, 6.07) is 6.30. The number of hydrazine groups is 1. The maximum atomic E-state index is 12.7. The molecule has 0 radical (unpaired) electrons. The minimum atomic E-state index is -4.26. The van der Waals surface area contributed by atoms with E-state index in [0.717, 1.165) is 0 Å². The summed E-state index contributed by atoms with van der Waals surface area (Å²) in [7, 11) is 0. The van der Waals surface area contributed by atoms with E-state index in [9.17, 15) is 22.8 Å². The maximum Gasteiger partial charge on any atom is 0.393 e. The topological polar surface area (TPSA) is 61.4 Å². The molecule has 0 aliphatic carbocycles. The van der Waals surface area contributed by atoms with Crippen LogP contribution in [-0.4, -0.2) is 42.5 Å². The fraction of sp³-hybridized carbons (Fsp3) is 0.467. The van der Waals surface area contributed by atoms with E-state index in [1.54, 1.807) is 12.1 Å². The zero-order chi connectivity index (χ0) is 17.7. The van der Waals surface area contributed by atoms with Gasteiger partial charge in [-0.25, -0.2) is 0 Å². The standard InChI is InChI=1S/C15H17ClF3N3O2/c16-12-6-2-1-5-11(12)14(24)21-20-13(23)9-22-7-3-4-10(8-22)15(17,18)19/h1-2,5-6,10H,3-4,7-9H2,(H,20,23)(H,21,24). The van der Waals surface area contributed by atoms with Gasteiger partial charge >= 0.3 is 6.18 Å². The van der Waals surface area contributed by atoms with Crippen LogP contribution in [0.1, 0.15) is 23.2 Å². The Balaban J connectivity index is 1.81. The van der Waals surface area contributed by atoms with Crippen molar-refractivity contribution in [3.05, 3.63) is 34.9 Å². The smallest absolute Gasteiger partial charge is 0.294 e. The van der Waals surface area contributed by atoms with Gasteiger partial charge in [-0.05, 0) is 31.5 Å².